The first-order valence-electron chi connectivity index (χ1n) is 7.55. The Hall–Kier alpha value is -1.29. The van der Waals surface area contributed by atoms with E-state index >= 15 is 0 Å². The summed E-state index contributed by atoms with van der Waals surface area (Å²) in [5.41, 5.74) is 6.49. The number of rotatable bonds is 2. The standard InChI is InChI=1S/C16H22FNO2/c17-14-12(16(11-18)7-2-1-3-8-16)5-6-13-15(14)20-10-4-9-19-13/h5-6H,1-4,7-11,18H2. The van der Waals surface area contributed by atoms with Gasteiger partial charge < -0.3 is 15.2 Å². The molecule has 0 aromatic heterocycles. The molecule has 110 valence electrons. The topological polar surface area (TPSA) is 44.5 Å². The van der Waals surface area contributed by atoms with E-state index in [1.807, 2.05) is 12.1 Å². The maximum Gasteiger partial charge on any atom is 0.197 e. The van der Waals surface area contributed by atoms with Crippen LogP contribution >= 0.6 is 0 Å². The van der Waals surface area contributed by atoms with E-state index < -0.39 is 0 Å². The molecule has 0 saturated heterocycles. The number of nitrogens with two attached hydrogens (primary N) is 1. The van der Waals surface area contributed by atoms with Crippen molar-refractivity contribution in [2.75, 3.05) is 19.8 Å². The van der Waals surface area contributed by atoms with E-state index in [-0.39, 0.29) is 17.0 Å². The van der Waals surface area contributed by atoms with Gasteiger partial charge in [0, 0.05) is 18.4 Å². The van der Waals surface area contributed by atoms with E-state index in [0.29, 0.717) is 31.1 Å². The first-order chi connectivity index (χ1) is 9.77. The highest BCUT2D eigenvalue weighted by Gasteiger charge is 2.36. The molecule has 1 aliphatic carbocycles. The van der Waals surface area contributed by atoms with Gasteiger partial charge in [0.05, 0.1) is 13.2 Å². The Kier molecular flexibility index (Phi) is 3.83. The van der Waals surface area contributed by atoms with Gasteiger partial charge in [-0.1, -0.05) is 25.3 Å². The fourth-order valence-electron chi connectivity index (χ4n) is 3.42. The number of benzene rings is 1. The lowest BCUT2D eigenvalue weighted by Crippen LogP contribution is -2.38. The minimum absolute atomic E-state index is 0.229. The van der Waals surface area contributed by atoms with Gasteiger partial charge in [0.25, 0.3) is 0 Å². The fourth-order valence-corrected chi connectivity index (χ4v) is 3.42. The number of hydrogen-bond acceptors (Lipinski definition) is 3. The molecule has 0 amide bonds. The molecule has 1 heterocycles. The zero-order valence-electron chi connectivity index (χ0n) is 11.8. The van der Waals surface area contributed by atoms with Crippen molar-refractivity contribution in [1.82, 2.24) is 0 Å². The van der Waals surface area contributed by atoms with E-state index in [9.17, 15) is 4.39 Å². The van der Waals surface area contributed by atoms with Gasteiger partial charge >= 0.3 is 0 Å². The summed E-state index contributed by atoms with van der Waals surface area (Å²) < 4.78 is 26.0. The van der Waals surface area contributed by atoms with Crippen LogP contribution in [0.15, 0.2) is 12.1 Å². The Morgan fingerprint density at radius 3 is 2.55 bits per heavy atom. The van der Waals surface area contributed by atoms with E-state index in [2.05, 4.69) is 0 Å². The quantitative estimate of drug-likeness (QED) is 0.904. The molecule has 0 radical (unpaired) electrons. The maximum absolute atomic E-state index is 14.9. The van der Waals surface area contributed by atoms with Crippen molar-refractivity contribution in [2.24, 2.45) is 5.73 Å². The van der Waals surface area contributed by atoms with Gasteiger partial charge in [0.2, 0.25) is 0 Å². The lowest BCUT2D eigenvalue weighted by Gasteiger charge is -2.37. The zero-order chi connectivity index (χ0) is 14.0. The number of ether oxygens (including phenoxy) is 2. The largest absolute Gasteiger partial charge is 0.489 e. The highest BCUT2D eigenvalue weighted by atomic mass is 19.1. The van der Waals surface area contributed by atoms with Crippen LogP contribution in [0.2, 0.25) is 0 Å². The van der Waals surface area contributed by atoms with Crippen LogP contribution in [0.5, 0.6) is 11.5 Å². The molecule has 1 aromatic carbocycles. The Morgan fingerprint density at radius 2 is 1.80 bits per heavy atom. The second-order valence-corrected chi connectivity index (χ2v) is 5.85. The molecule has 1 aromatic rings. The molecule has 0 unspecified atom stereocenters. The number of hydrogen-bond donors (Lipinski definition) is 1. The van der Waals surface area contributed by atoms with Gasteiger partial charge in [-0.15, -0.1) is 0 Å². The zero-order valence-corrected chi connectivity index (χ0v) is 11.8. The first-order valence-corrected chi connectivity index (χ1v) is 7.55. The third-order valence-electron chi connectivity index (χ3n) is 4.63. The summed E-state index contributed by atoms with van der Waals surface area (Å²) in [5.74, 6) is 0.530. The number of halogens is 1. The molecule has 1 aliphatic heterocycles. The molecule has 3 nitrogen and oxygen atoms in total. The highest BCUT2D eigenvalue weighted by molar-refractivity contribution is 5.47. The van der Waals surface area contributed by atoms with Crippen LogP contribution in [0, 0.1) is 5.82 Å². The van der Waals surface area contributed by atoms with E-state index in [1.165, 1.54) is 6.42 Å². The van der Waals surface area contributed by atoms with Crippen LogP contribution < -0.4 is 15.2 Å². The monoisotopic (exact) mass is 279 g/mol. The van der Waals surface area contributed by atoms with Crippen LogP contribution in [-0.4, -0.2) is 19.8 Å². The minimum atomic E-state index is -0.267. The van der Waals surface area contributed by atoms with E-state index in [1.54, 1.807) is 0 Å². The van der Waals surface area contributed by atoms with Crippen LogP contribution in [-0.2, 0) is 5.41 Å². The van der Waals surface area contributed by atoms with E-state index in [4.69, 9.17) is 15.2 Å². The second kappa shape index (κ2) is 5.60. The molecule has 1 fully saturated rings. The SMILES string of the molecule is NCC1(c2ccc3c(c2F)OCCCO3)CCCCC1. The van der Waals surface area contributed by atoms with Gasteiger partial charge in [0.15, 0.2) is 17.3 Å². The highest BCUT2D eigenvalue weighted by Crippen LogP contribution is 2.44. The van der Waals surface area contributed by atoms with Crippen molar-refractivity contribution in [3.05, 3.63) is 23.5 Å². The first kappa shape index (κ1) is 13.7. The van der Waals surface area contributed by atoms with Crippen molar-refractivity contribution in [1.29, 1.82) is 0 Å². The van der Waals surface area contributed by atoms with Crippen LogP contribution in [0.3, 0.4) is 0 Å². The lowest BCUT2D eigenvalue weighted by molar-refractivity contribution is 0.276. The van der Waals surface area contributed by atoms with E-state index in [0.717, 1.165) is 32.1 Å². The lowest BCUT2D eigenvalue weighted by atomic mass is 9.69. The summed E-state index contributed by atoms with van der Waals surface area (Å²) in [4.78, 5) is 0. The van der Waals surface area contributed by atoms with Crippen LogP contribution in [0.1, 0.15) is 44.1 Å². The minimum Gasteiger partial charge on any atom is -0.489 e. The third kappa shape index (κ3) is 2.26. The summed E-state index contributed by atoms with van der Waals surface area (Å²) in [6, 6.07) is 3.69. The third-order valence-corrected chi connectivity index (χ3v) is 4.63. The van der Waals surface area contributed by atoms with Gasteiger partial charge in [-0.3, -0.25) is 0 Å². The second-order valence-electron chi connectivity index (χ2n) is 5.85. The Morgan fingerprint density at radius 1 is 1.05 bits per heavy atom. The molecular weight excluding hydrogens is 257 g/mol. The van der Waals surface area contributed by atoms with Crippen molar-refractivity contribution in [3.8, 4) is 11.5 Å². The molecule has 3 rings (SSSR count). The number of fused-ring (bicyclic) bond motifs is 1. The molecular formula is C16H22FNO2. The van der Waals surface area contributed by atoms with Gasteiger partial charge in [-0.2, -0.15) is 0 Å². The molecule has 0 spiro atoms. The summed E-state index contributed by atoms with van der Waals surface area (Å²) in [5, 5.41) is 0. The fraction of sp³-hybridized carbons (Fsp3) is 0.625. The van der Waals surface area contributed by atoms with Crippen molar-refractivity contribution in [3.63, 3.8) is 0 Å². The molecule has 4 heteroatoms. The Balaban J connectivity index is 2.03. The molecule has 2 aliphatic rings. The Bertz CT molecular complexity index is 484. The molecule has 0 atom stereocenters. The Labute approximate surface area is 119 Å². The summed E-state index contributed by atoms with van der Waals surface area (Å²) in [7, 11) is 0. The molecule has 0 bridgehead atoms. The van der Waals surface area contributed by atoms with Crippen molar-refractivity contribution >= 4 is 0 Å². The van der Waals surface area contributed by atoms with Gasteiger partial charge in [-0.25, -0.2) is 4.39 Å². The predicted octanol–water partition coefficient (Wildman–Crippen LogP) is 3.15. The summed E-state index contributed by atoms with van der Waals surface area (Å²) in [6.07, 6.45) is 6.15. The predicted molar refractivity (Wildman–Crippen MR) is 75.8 cm³/mol. The van der Waals surface area contributed by atoms with Gasteiger partial charge in [-0.05, 0) is 24.5 Å². The molecule has 1 saturated carbocycles. The summed E-state index contributed by atoms with van der Waals surface area (Å²) in [6.45, 7) is 1.57. The average molecular weight is 279 g/mol. The van der Waals surface area contributed by atoms with Crippen LogP contribution in [0.25, 0.3) is 0 Å². The molecule has 2 N–H and O–H groups in total. The maximum atomic E-state index is 14.9. The smallest absolute Gasteiger partial charge is 0.197 e. The van der Waals surface area contributed by atoms with Crippen molar-refractivity contribution < 1.29 is 13.9 Å². The average Bonchev–Trinajstić information content (AvgIpc) is 2.74. The summed E-state index contributed by atoms with van der Waals surface area (Å²) >= 11 is 0. The normalized spacial score (nSPS) is 21.3. The van der Waals surface area contributed by atoms with Gasteiger partial charge in [0.1, 0.15) is 0 Å². The van der Waals surface area contributed by atoms with Crippen LogP contribution in [0.4, 0.5) is 4.39 Å². The molecule has 20 heavy (non-hydrogen) atoms. The van der Waals surface area contributed by atoms with Crippen molar-refractivity contribution in [2.45, 2.75) is 43.9 Å².